The fourth-order valence-corrected chi connectivity index (χ4v) is 1.15. The van der Waals surface area contributed by atoms with Gasteiger partial charge in [0.05, 0.1) is 11.1 Å². The molecule has 0 bridgehead atoms. The normalized spacial score (nSPS) is 13.0. The van der Waals surface area contributed by atoms with Gasteiger partial charge in [-0.3, -0.25) is 0 Å². The molecular weight excluding hydrogens is 234 g/mol. The number of nitrogens with zero attached hydrogens (tertiary/aromatic N) is 2. The zero-order valence-corrected chi connectivity index (χ0v) is 11.8. The summed E-state index contributed by atoms with van der Waals surface area (Å²) in [5.41, 5.74) is 5.08. The maximum absolute atomic E-state index is 5.86. The van der Waals surface area contributed by atoms with Gasteiger partial charge >= 0.3 is 0 Å². The molecular formula is C12H23N3O3. The molecule has 0 saturated heterocycles. The molecule has 6 heteroatoms. The van der Waals surface area contributed by atoms with Crippen LogP contribution in [-0.2, 0) is 21.6 Å². The molecule has 1 aromatic rings. The number of rotatable bonds is 7. The second-order valence-corrected chi connectivity index (χ2v) is 5.50. The van der Waals surface area contributed by atoms with Crippen LogP contribution in [0.3, 0.4) is 0 Å². The Labute approximate surface area is 108 Å². The molecule has 0 unspecified atom stereocenters. The minimum absolute atomic E-state index is 0.181. The lowest BCUT2D eigenvalue weighted by Gasteiger charge is -2.22. The van der Waals surface area contributed by atoms with Gasteiger partial charge in [0.1, 0.15) is 6.61 Å². The molecule has 0 radical (unpaired) electrons. The van der Waals surface area contributed by atoms with E-state index in [2.05, 4.69) is 10.1 Å². The Kier molecular flexibility index (Phi) is 4.84. The van der Waals surface area contributed by atoms with Gasteiger partial charge in [-0.15, -0.1) is 0 Å². The van der Waals surface area contributed by atoms with Crippen molar-refractivity contribution in [2.75, 3.05) is 13.7 Å². The van der Waals surface area contributed by atoms with E-state index in [4.69, 9.17) is 19.7 Å². The van der Waals surface area contributed by atoms with Gasteiger partial charge in [0.25, 0.3) is 5.89 Å². The van der Waals surface area contributed by atoms with E-state index in [-0.39, 0.29) is 5.60 Å². The van der Waals surface area contributed by atoms with Crippen molar-refractivity contribution in [3.05, 3.63) is 11.7 Å². The minimum atomic E-state index is -0.597. The first kappa shape index (κ1) is 15.1. The van der Waals surface area contributed by atoms with Crippen LogP contribution in [-0.4, -0.2) is 29.5 Å². The number of nitrogens with two attached hydrogens (primary N) is 1. The Bertz CT molecular complexity index is 369. The molecule has 0 saturated carbocycles. The maximum Gasteiger partial charge on any atom is 0.252 e. The summed E-state index contributed by atoms with van der Waals surface area (Å²) in [6.07, 6.45) is 0.798. The molecule has 104 valence electrons. The van der Waals surface area contributed by atoms with Crippen LogP contribution in [0, 0.1) is 0 Å². The smallest absolute Gasteiger partial charge is 0.252 e. The molecule has 18 heavy (non-hydrogen) atoms. The fourth-order valence-electron chi connectivity index (χ4n) is 1.15. The SMILES string of the molecule is COC(C)(C)CCOCc1nc(C(C)(C)N)no1. The van der Waals surface area contributed by atoms with Gasteiger partial charge in [0, 0.05) is 13.7 Å². The van der Waals surface area contributed by atoms with Gasteiger partial charge in [-0.1, -0.05) is 5.16 Å². The summed E-state index contributed by atoms with van der Waals surface area (Å²) < 4.78 is 15.8. The van der Waals surface area contributed by atoms with Gasteiger partial charge in [-0.2, -0.15) is 4.98 Å². The van der Waals surface area contributed by atoms with Crippen molar-refractivity contribution in [1.29, 1.82) is 0 Å². The van der Waals surface area contributed by atoms with E-state index in [1.807, 2.05) is 27.7 Å². The topological polar surface area (TPSA) is 83.4 Å². The second kappa shape index (κ2) is 5.77. The average Bonchev–Trinajstić information content (AvgIpc) is 2.73. The average molecular weight is 257 g/mol. The van der Waals surface area contributed by atoms with E-state index >= 15 is 0 Å². The third kappa shape index (κ3) is 4.72. The van der Waals surface area contributed by atoms with Crippen molar-refractivity contribution in [2.24, 2.45) is 5.73 Å². The molecule has 0 aliphatic heterocycles. The van der Waals surface area contributed by atoms with E-state index in [0.29, 0.717) is 24.9 Å². The van der Waals surface area contributed by atoms with Gasteiger partial charge in [0.2, 0.25) is 0 Å². The molecule has 0 aromatic carbocycles. The first-order valence-electron chi connectivity index (χ1n) is 5.99. The second-order valence-electron chi connectivity index (χ2n) is 5.50. The molecule has 1 aromatic heterocycles. The zero-order valence-electron chi connectivity index (χ0n) is 11.8. The summed E-state index contributed by atoms with van der Waals surface area (Å²) >= 11 is 0. The Morgan fingerprint density at radius 1 is 1.28 bits per heavy atom. The maximum atomic E-state index is 5.86. The number of methoxy groups -OCH3 is 1. The molecule has 0 amide bonds. The van der Waals surface area contributed by atoms with Crippen LogP contribution in [0.5, 0.6) is 0 Å². The first-order chi connectivity index (χ1) is 8.24. The van der Waals surface area contributed by atoms with E-state index < -0.39 is 5.54 Å². The standard InChI is InChI=1S/C12H23N3O3/c1-11(2,16-5)6-7-17-8-9-14-10(15-18-9)12(3,4)13/h6-8,13H2,1-5H3. The molecule has 0 aliphatic carbocycles. The van der Waals surface area contributed by atoms with Crippen molar-refractivity contribution in [1.82, 2.24) is 10.1 Å². The molecule has 0 fully saturated rings. The van der Waals surface area contributed by atoms with E-state index in [0.717, 1.165) is 6.42 Å². The summed E-state index contributed by atoms with van der Waals surface area (Å²) in [6, 6.07) is 0. The van der Waals surface area contributed by atoms with Crippen LogP contribution in [0.15, 0.2) is 4.52 Å². The predicted octanol–water partition coefficient (Wildman–Crippen LogP) is 1.60. The quantitative estimate of drug-likeness (QED) is 0.747. The Morgan fingerprint density at radius 2 is 1.94 bits per heavy atom. The van der Waals surface area contributed by atoms with Crippen LogP contribution >= 0.6 is 0 Å². The summed E-state index contributed by atoms with van der Waals surface area (Å²) in [7, 11) is 1.69. The molecule has 1 heterocycles. The molecule has 0 spiro atoms. The number of hydrogen-bond donors (Lipinski definition) is 1. The molecule has 0 atom stereocenters. The lowest BCUT2D eigenvalue weighted by atomic mass is 10.1. The Hall–Kier alpha value is -0.980. The highest BCUT2D eigenvalue weighted by Crippen LogP contribution is 2.14. The van der Waals surface area contributed by atoms with Crippen LogP contribution in [0.1, 0.15) is 45.8 Å². The van der Waals surface area contributed by atoms with Crippen LogP contribution < -0.4 is 5.73 Å². The molecule has 1 rings (SSSR count). The third-order valence-corrected chi connectivity index (χ3v) is 2.67. The van der Waals surface area contributed by atoms with Gasteiger partial charge in [-0.25, -0.2) is 0 Å². The van der Waals surface area contributed by atoms with E-state index in [1.165, 1.54) is 0 Å². The minimum Gasteiger partial charge on any atom is -0.379 e. The molecule has 0 aliphatic rings. The largest absolute Gasteiger partial charge is 0.379 e. The van der Waals surface area contributed by atoms with Crippen LogP contribution in [0.25, 0.3) is 0 Å². The zero-order chi connectivity index (χ0) is 13.8. The van der Waals surface area contributed by atoms with E-state index in [1.54, 1.807) is 7.11 Å². The first-order valence-corrected chi connectivity index (χ1v) is 5.99. The van der Waals surface area contributed by atoms with Crippen molar-refractivity contribution in [2.45, 2.75) is 51.9 Å². The highest BCUT2D eigenvalue weighted by molar-refractivity contribution is 4.98. The predicted molar refractivity (Wildman–Crippen MR) is 66.9 cm³/mol. The lowest BCUT2D eigenvalue weighted by molar-refractivity contribution is -0.0153. The summed E-state index contributed by atoms with van der Waals surface area (Å²) in [4.78, 5) is 4.18. The van der Waals surface area contributed by atoms with Gasteiger partial charge < -0.3 is 19.7 Å². The third-order valence-electron chi connectivity index (χ3n) is 2.67. The van der Waals surface area contributed by atoms with Crippen LogP contribution in [0.4, 0.5) is 0 Å². The monoisotopic (exact) mass is 257 g/mol. The Balaban J connectivity index is 2.35. The summed E-state index contributed by atoms with van der Waals surface area (Å²) in [5.74, 6) is 0.928. The number of ether oxygens (including phenoxy) is 2. The molecule has 6 nitrogen and oxygen atoms in total. The number of aromatic nitrogens is 2. The molecule has 2 N–H and O–H groups in total. The van der Waals surface area contributed by atoms with Crippen LogP contribution in [0.2, 0.25) is 0 Å². The van der Waals surface area contributed by atoms with Crippen molar-refractivity contribution in [3.8, 4) is 0 Å². The van der Waals surface area contributed by atoms with Gasteiger partial charge in [-0.05, 0) is 34.1 Å². The van der Waals surface area contributed by atoms with Crippen molar-refractivity contribution >= 4 is 0 Å². The van der Waals surface area contributed by atoms with E-state index in [9.17, 15) is 0 Å². The van der Waals surface area contributed by atoms with Crippen molar-refractivity contribution in [3.63, 3.8) is 0 Å². The van der Waals surface area contributed by atoms with Gasteiger partial charge in [0.15, 0.2) is 5.82 Å². The Morgan fingerprint density at radius 3 is 2.44 bits per heavy atom. The highest BCUT2D eigenvalue weighted by Gasteiger charge is 2.21. The fraction of sp³-hybridized carbons (Fsp3) is 0.833. The summed E-state index contributed by atoms with van der Waals surface area (Å²) in [5, 5.41) is 3.82. The number of hydrogen-bond acceptors (Lipinski definition) is 6. The highest BCUT2D eigenvalue weighted by atomic mass is 16.5. The summed E-state index contributed by atoms with van der Waals surface area (Å²) in [6.45, 7) is 8.54. The lowest BCUT2D eigenvalue weighted by Crippen LogP contribution is -2.30. The van der Waals surface area contributed by atoms with Crippen molar-refractivity contribution < 1.29 is 14.0 Å².